The van der Waals surface area contributed by atoms with Crippen LogP contribution in [0.5, 0.6) is 5.88 Å². The number of aromatic nitrogens is 4. The number of aryl methyl sites for hydroxylation is 1. The number of ether oxygens (including phenoxy) is 1. The van der Waals surface area contributed by atoms with Crippen LogP contribution in [0.1, 0.15) is 18.5 Å². The first-order valence-electron chi connectivity index (χ1n) is 11.9. The predicted molar refractivity (Wildman–Crippen MR) is 145 cm³/mol. The lowest BCUT2D eigenvalue weighted by Crippen LogP contribution is -2.35. The van der Waals surface area contributed by atoms with Gasteiger partial charge in [-0.3, -0.25) is 9.40 Å². The van der Waals surface area contributed by atoms with Gasteiger partial charge in [0.25, 0.3) is 0 Å². The number of aromatic amines is 1. The molecule has 13 heteroatoms. The summed E-state index contributed by atoms with van der Waals surface area (Å²) in [6.45, 7) is 3.77. The highest BCUT2D eigenvalue weighted by molar-refractivity contribution is 7.96. The third-order valence-electron chi connectivity index (χ3n) is 6.28. The first kappa shape index (κ1) is 26.4. The van der Waals surface area contributed by atoms with Gasteiger partial charge in [0.15, 0.2) is 11.5 Å². The third kappa shape index (κ3) is 5.78. The monoisotopic (exact) mass is 561 g/mol. The Balaban J connectivity index is 1.31. The Morgan fingerprint density at radius 3 is 2.68 bits per heavy atom. The van der Waals surface area contributed by atoms with E-state index in [1.807, 2.05) is 6.92 Å². The molecule has 3 heterocycles. The number of hydrogen-bond acceptors (Lipinski definition) is 9. The Labute approximate surface area is 227 Å². The Morgan fingerprint density at radius 1 is 1.13 bits per heavy atom. The van der Waals surface area contributed by atoms with E-state index in [0.29, 0.717) is 27.9 Å². The van der Waals surface area contributed by atoms with Gasteiger partial charge in [0.1, 0.15) is 35.4 Å². The number of piperidine rings is 1. The second-order valence-corrected chi connectivity index (χ2v) is 10.4. The lowest BCUT2D eigenvalue weighted by atomic mass is 10.1. The molecule has 2 aromatic heterocycles. The van der Waals surface area contributed by atoms with Gasteiger partial charge in [0.2, 0.25) is 5.88 Å². The van der Waals surface area contributed by atoms with E-state index in [9.17, 15) is 8.78 Å². The minimum atomic E-state index is -0.584. The number of benzene rings is 2. The van der Waals surface area contributed by atoms with Crippen LogP contribution in [-0.2, 0) is 4.28 Å². The van der Waals surface area contributed by atoms with Crippen molar-refractivity contribution in [2.75, 3.05) is 37.0 Å². The van der Waals surface area contributed by atoms with Crippen LogP contribution in [-0.4, -0.2) is 58.4 Å². The summed E-state index contributed by atoms with van der Waals surface area (Å²) in [5, 5.41) is 8.31. The van der Waals surface area contributed by atoms with E-state index in [1.54, 1.807) is 13.1 Å². The summed E-state index contributed by atoms with van der Waals surface area (Å²) in [5.74, 6) is -0.320. The topological polar surface area (TPSA) is 91.4 Å². The van der Waals surface area contributed by atoms with Crippen molar-refractivity contribution in [3.05, 3.63) is 58.7 Å². The first-order valence-corrected chi connectivity index (χ1v) is 13.0. The maximum absolute atomic E-state index is 15.0. The molecule has 38 heavy (non-hydrogen) atoms. The van der Waals surface area contributed by atoms with Crippen molar-refractivity contribution in [3.63, 3.8) is 0 Å². The average Bonchev–Trinajstić information content (AvgIpc) is 3.28. The maximum atomic E-state index is 15.0. The molecule has 2 N–H and O–H groups in total. The summed E-state index contributed by atoms with van der Waals surface area (Å²) < 4.78 is 42.0. The lowest BCUT2D eigenvalue weighted by molar-refractivity contribution is 0.111. The van der Waals surface area contributed by atoms with Crippen molar-refractivity contribution in [1.82, 2.24) is 25.1 Å². The van der Waals surface area contributed by atoms with Crippen LogP contribution in [0.3, 0.4) is 0 Å². The molecule has 5 rings (SSSR count). The molecule has 2 aromatic carbocycles. The molecule has 1 fully saturated rings. The number of nitrogens with zero attached hydrogens (tertiary/aromatic N) is 5. The summed E-state index contributed by atoms with van der Waals surface area (Å²) in [6, 6.07) is 8.65. The van der Waals surface area contributed by atoms with E-state index < -0.39 is 11.6 Å². The zero-order valence-corrected chi connectivity index (χ0v) is 22.5. The molecular weight excluding hydrogens is 536 g/mol. The molecule has 0 unspecified atom stereocenters. The molecule has 4 aromatic rings. The lowest BCUT2D eigenvalue weighted by Gasteiger charge is -2.29. The highest BCUT2D eigenvalue weighted by atomic mass is 35.5. The number of halogens is 3. The Bertz CT molecular complexity index is 1450. The van der Waals surface area contributed by atoms with Gasteiger partial charge in [-0.05, 0) is 63.2 Å². The summed E-state index contributed by atoms with van der Waals surface area (Å²) in [7, 11) is 3.68. The summed E-state index contributed by atoms with van der Waals surface area (Å²) in [5.41, 5.74) is 4.55. The SMILES string of the molecule is Cc1[nH]nc2nc(-c3ccc(NOSN(C)c4cc(Cl)ccc4F)c(F)c3)nc(OC3CCN(C)CC3)c12. The van der Waals surface area contributed by atoms with Gasteiger partial charge >= 0.3 is 0 Å². The first-order chi connectivity index (χ1) is 18.3. The quantitative estimate of drug-likeness (QED) is 0.158. The number of fused-ring (bicyclic) bond motifs is 1. The molecule has 200 valence electrons. The van der Waals surface area contributed by atoms with Gasteiger partial charge in [-0.2, -0.15) is 14.4 Å². The maximum Gasteiger partial charge on any atom is 0.228 e. The standard InChI is InChI=1S/C25H26ClF2N7O2S/c1-14-22-24(32-31-14)29-23(30-25(22)36-17-8-10-34(2)11-9-17)15-4-7-20(19(28)12-15)33-37-38-35(3)21-13-16(26)5-6-18(21)27/h4-7,12-13,17,33H,8-11H2,1-3H3,(H,29,30,31,32). The zero-order valence-electron chi connectivity index (χ0n) is 21.0. The van der Waals surface area contributed by atoms with Crippen LogP contribution >= 0.6 is 23.8 Å². The van der Waals surface area contributed by atoms with E-state index in [1.165, 1.54) is 34.6 Å². The van der Waals surface area contributed by atoms with Crippen LogP contribution < -0.4 is 14.5 Å². The second-order valence-electron chi connectivity index (χ2n) is 9.07. The summed E-state index contributed by atoms with van der Waals surface area (Å²) in [4.78, 5) is 11.4. The van der Waals surface area contributed by atoms with Crippen molar-refractivity contribution in [2.45, 2.75) is 25.9 Å². The van der Waals surface area contributed by atoms with Crippen molar-refractivity contribution >= 4 is 46.2 Å². The van der Waals surface area contributed by atoms with Gasteiger partial charge in [0.05, 0.1) is 11.4 Å². The minimum absolute atomic E-state index is 0.0305. The fourth-order valence-electron chi connectivity index (χ4n) is 4.13. The molecule has 0 radical (unpaired) electrons. The van der Waals surface area contributed by atoms with Crippen molar-refractivity contribution in [2.24, 2.45) is 0 Å². The number of likely N-dealkylation sites (tertiary alicyclic amines) is 1. The van der Waals surface area contributed by atoms with Gasteiger partial charge in [-0.25, -0.2) is 19.2 Å². The number of anilines is 2. The van der Waals surface area contributed by atoms with Crippen LogP contribution in [0.4, 0.5) is 20.2 Å². The molecular formula is C25H26ClF2N7O2S. The molecule has 1 aliphatic rings. The number of hydrogen-bond donors (Lipinski definition) is 2. The van der Waals surface area contributed by atoms with E-state index in [0.717, 1.165) is 49.2 Å². The van der Waals surface area contributed by atoms with Crippen molar-refractivity contribution in [1.29, 1.82) is 0 Å². The average molecular weight is 562 g/mol. The van der Waals surface area contributed by atoms with Crippen molar-refractivity contribution < 1.29 is 17.8 Å². The predicted octanol–water partition coefficient (Wildman–Crippen LogP) is 5.78. The van der Waals surface area contributed by atoms with Crippen LogP contribution in [0.15, 0.2) is 36.4 Å². The smallest absolute Gasteiger partial charge is 0.228 e. The van der Waals surface area contributed by atoms with Gasteiger partial charge in [-0.1, -0.05) is 11.6 Å². The van der Waals surface area contributed by atoms with Crippen LogP contribution in [0, 0.1) is 18.6 Å². The molecule has 0 saturated carbocycles. The van der Waals surface area contributed by atoms with E-state index in [4.69, 9.17) is 20.6 Å². The van der Waals surface area contributed by atoms with E-state index in [2.05, 4.69) is 37.6 Å². The molecule has 0 spiro atoms. The van der Waals surface area contributed by atoms with Crippen molar-refractivity contribution in [3.8, 4) is 17.3 Å². The van der Waals surface area contributed by atoms with Crippen LogP contribution in [0.25, 0.3) is 22.4 Å². The molecule has 0 bridgehead atoms. The zero-order chi connectivity index (χ0) is 26.8. The second kappa shape index (κ2) is 11.3. The van der Waals surface area contributed by atoms with Gasteiger partial charge in [0, 0.05) is 36.4 Å². The molecule has 0 aliphatic carbocycles. The van der Waals surface area contributed by atoms with E-state index >= 15 is 0 Å². The largest absolute Gasteiger partial charge is 0.474 e. The summed E-state index contributed by atoms with van der Waals surface area (Å²) in [6.07, 6.45) is 1.81. The van der Waals surface area contributed by atoms with E-state index in [-0.39, 0.29) is 17.5 Å². The number of rotatable bonds is 8. The molecule has 9 nitrogen and oxygen atoms in total. The van der Waals surface area contributed by atoms with Crippen LogP contribution in [0.2, 0.25) is 5.02 Å². The summed E-state index contributed by atoms with van der Waals surface area (Å²) >= 11 is 6.72. The third-order valence-corrected chi connectivity index (χ3v) is 7.09. The fourth-order valence-corrected chi connectivity index (χ4v) is 4.75. The Hall–Kier alpha value is -3.19. The Kier molecular flexibility index (Phi) is 7.84. The van der Waals surface area contributed by atoms with Gasteiger partial charge in [-0.15, -0.1) is 0 Å². The highest BCUT2D eigenvalue weighted by Crippen LogP contribution is 2.32. The number of H-pyrrole nitrogens is 1. The molecule has 1 aliphatic heterocycles. The normalized spacial score (nSPS) is 14.7. The number of nitrogens with one attached hydrogen (secondary N) is 2. The minimum Gasteiger partial charge on any atom is -0.474 e. The highest BCUT2D eigenvalue weighted by Gasteiger charge is 2.23. The van der Waals surface area contributed by atoms with Gasteiger partial charge < -0.3 is 9.64 Å². The molecule has 0 amide bonds. The molecule has 0 atom stereocenters. The Morgan fingerprint density at radius 2 is 1.92 bits per heavy atom. The fraction of sp³-hybridized carbons (Fsp3) is 0.320. The molecule has 1 saturated heterocycles.